The van der Waals surface area contributed by atoms with E-state index in [9.17, 15) is 4.79 Å². The highest BCUT2D eigenvalue weighted by atomic mass is 16.5. The molecule has 0 radical (unpaired) electrons. The molecular formula is C19H23NO2. The second-order valence-corrected chi connectivity index (χ2v) is 5.28. The minimum Gasteiger partial charge on any atom is -0.496 e. The average Bonchev–Trinajstić information content (AvgIpc) is 2.58. The van der Waals surface area contributed by atoms with Crippen molar-refractivity contribution in [1.82, 2.24) is 5.32 Å². The molecule has 0 aliphatic rings. The molecule has 1 atom stereocenters. The largest absolute Gasteiger partial charge is 0.496 e. The zero-order valence-corrected chi connectivity index (χ0v) is 13.2. The molecule has 0 spiro atoms. The molecule has 0 aliphatic carbocycles. The van der Waals surface area contributed by atoms with Crippen molar-refractivity contribution in [2.24, 2.45) is 0 Å². The maximum absolute atomic E-state index is 12.6. The molecule has 0 heterocycles. The first-order valence-electron chi connectivity index (χ1n) is 7.70. The van der Waals surface area contributed by atoms with Gasteiger partial charge in [-0.2, -0.15) is 0 Å². The lowest BCUT2D eigenvalue weighted by Crippen LogP contribution is -2.29. The van der Waals surface area contributed by atoms with Crippen LogP contribution in [-0.4, -0.2) is 13.0 Å². The number of rotatable bonds is 7. The normalized spacial score (nSPS) is 11.7. The van der Waals surface area contributed by atoms with Crippen molar-refractivity contribution < 1.29 is 9.53 Å². The maximum Gasteiger partial charge on any atom is 0.227 e. The predicted molar refractivity (Wildman–Crippen MR) is 88.9 cm³/mol. The number of para-hydroxylation sites is 1. The molecule has 1 amide bonds. The molecule has 2 aromatic carbocycles. The molecule has 0 aromatic heterocycles. The Bertz CT molecular complexity index is 595. The first-order chi connectivity index (χ1) is 10.8. The van der Waals surface area contributed by atoms with E-state index in [1.807, 2.05) is 54.6 Å². The van der Waals surface area contributed by atoms with Crippen LogP contribution < -0.4 is 10.1 Å². The van der Waals surface area contributed by atoms with Crippen LogP contribution in [0.2, 0.25) is 0 Å². The van der Waals surface area contributed by atoms with Gasteiger partial charge >= 0.3 is 0 Å². The molecule has 2 aromatic rings. The standard InChI is InChI=1S/C19H23NO2/c1-3-9-17(15-10-5-4-6-11-15)19(21)20-14-16-12-7-8-13-18(16)22-2/h4-8,10-13,17H,3,9,14H2,1-2H3,(H,20,21)/t17-/m0/s1. The van der Waals surface area contributed by atoms with Gasteiger partial charge in [-0.15, -0.1) is 0 Å². The molecule has 0 saturated carbocycles. The summed E-state index contributed by atoms with van der Waals surface area (Å²) in [6, 6.07) is 17.7. The van der Waals surface area contributed by atoms with Gasteiger partial charge in [0.25, 0.3) is 0 Å². The van der Waals surface area contributed by atoms with Crippen LogP contribution in [0.4, 0.5) is 0 Å². The Kier molecular flexibility index (Phi) is 6.01. The molecule has 0 fully saturated rings. The molecule has 116 valence electrons. The Morgan fingerprint density at radius 2 is 1.77 bits per heavy atom. The van der Waals surface area contributed by atoms with Crippen LogP contribution in [0, 0.1) is 0 Å². The minimum absolute atomic E-state index is 0.0685. The first kappa shape index (κ1) is 16.1. The van der Waals surface area contributed by atoms with E-state index < -0.39 is 0 Å². The smallest absolute Gasteiger partial charge is 0.227 e. The lowest BCUT2D eigenvalue weighted by Gasteiger charge is -2.17. The fourth-order valence-corrected chi connectivity index (χ4v) is 2.58. The van der Waals surface area contributed by atoms with Crippen molar-refractivity contribution in [2.75, 3.05) is 7.11 Å². The van der Waals surface area contributed by atoms with Crippen LogP contribution in [0.25, 0.3) is 0 Å². The summed E-state index contributed by atoms with van der Waals surface area (Å²) in [6.07, 6.45) is 1.82. The summed E-state index contributed by atoms with van der Waals surface area (Å²) < 4.78 is 5.32. The van der Waals surface area contributed by atoms with Gasteiger partial charge < -0.3 is 10.1 Å². The van der Waals surface area contributed by atoms with E-state index in [-0.39, 0.29) is 11.8 Å². The summed E-state index contributed by atoms with van der Waals surface area (Å²) in [4.78, 5) is 12.6. The van der Waals surface area contributed by atoms with Gasteiger partial charge in [-0.1, -0.05) is 61.9 Å². The summed E-state index contributed by atoms with van der Waals surface area (Å²) in [5, 5.41) is 3.04. The number of ether oxygens (including phenoxy) is 1. The van der Waals surface area contributed by atoms with Crippen molar-refractivity contribution in [3.8, 4) is 5.75 Å². The van der Waals surface area contributed by atoms with Gasteiger partial charge in [0.15, 0.2) is 0 Å². The predicted octanol–water partition coefficient (Wildman–Crippen LogP) is 3.90. The van der Waals surface area contributed by atoms with Crippen LogP contribution in [0.1, 0.15) is 36.8 Å². The molecule has 0 aliphatic heterocycles. The first-order valence-corrected chi connectivity index (χ1v) is 7.70. The number of carbonyl (C=O) groups excluding carboxylic acids is 1. The second kappa shape index (κ2) is 8.23. The van der Waals surface area contributed by atoms with Gasteiger partial charge in [0.2, 0.25) is 5.91 Å². The quantitative estimate of drug-likeness (QED) is 0.842. The molecule has 3 nitrogen and oxygen atoms in total. The van der Waals surface area contributed by atoms with Gasteiger partial charge in [-0.05, 0) is 18.1 Å². The Hall–Kier alpha value is -2.29. The molecule has 22 heavy (non-hydrogen) atoms. The molecular weight excluding hydrogens is 274 g/mol. The third kappa shape index (κ3) is 4.10. The highest BCUT2D eigenvalue weighted by molar-refractivity contribution is 5.83. The van der Waals surface area contributed by atoms with E-state index in [1.54, 1.807) is 7.11 Å². The summed E-state index contributed by atoms with van der Waals surface area (Å²) in [5.74, 6) is 0.773. The lowest BCUT2D eigenvalue weighted by molar-refractivity contribution is -0.122. The number of methoxy groups -OCH3 is 1. The lowest BCUT2D eigenvalue weighted by atomic mass is 9.93. The van der Waals surface area contributed by atoms with Gasteiger partial charge in [0.1, 0.15) is 5.75 Å². The average molecular weight is 297 g/mol. The Balaban J connectivity index is 2.06. The highest BCUT2D eigenvalue weighted by Gasteiger charge is 2.19. The van der Waals surface area contributed by atoms with Crippen LogP contribution in [0.3, 0.4) is 0 Å². The van der Waals surface area contributed by atoms with Gasteiger partial charge in [0.05, 0.1) is 13.0 Å². The van der Waals surface area contributed by atoms with E-state index in [1.165, 1.54) is 0 Å². The number of carbonyl (C=O) groups is 1. The summed E-state index contributed by atoms with van der Waals surface area (Å²) in [7, 11) is 1.64. The molecule has 3 heteroatoms. The van der Waals surface area contributed by atoms with E-state index in [0.29, 0.717) is 6.54 Å². The third-order valence-corrected chi connectivity index (χ3v) is 3.74. The van der Waals surface area contributed by atoms with E-state index in [4.69, 9.17) is 4.74 Å². The molecule has 0 unspecified atom stereocenters. The van der Waals surface area contributed by atoms with Crippen LogP contribution >= 0.6 is 0 Å². The van der Waals surface area contributed by atoms with Crippen molar-refractivity contribution in [3.63, 3.8) is 0 Å². The number of nitrogens with one attached hydrogen (secondary N) is 1. The van der Waals surface area contributed by atoms with Crippen LogP contribution in [-0.2, 0) is 11.3 Å². The van der Waals surface area contributed by atoms with Gasteiger partial charge in [0, 0.05) is 12.1 Å². The van der Waals surface area contributed by atoms with Crippen molar-refractivity contribution in [2.45, 2.75) is 32.2 Å². The van der Waals surface area contributed by atoms with Crippen molar-refractivity contribution in [3.05, 3.63) is 65.7 Å². The Labute approximate surface area is 132 Å². The van der Waals surface area contributed by atoms with Crippen molar-refractivity contribution in [1.29, 1.82) is 0 Å². The summed E-state index contributed by atoms with van der Waals surface area (Å²) in [6.45, 7) is 2.58. The van der Waals surface area contributed by atoms with Gasteiger partial charge in [-0.3, -0.25) is 4.79 Å². The Morgan fingerprint density at radius 1 is 1.09 bits per heavy atom. The molecule has 0 saturated heterocycles. The van der Waals surface area contributed by atoms with E-state index in [0.717, 1.165) is 29.7 Å². The van der Waals surface area contributed by atoms with Crippen LogP contribution in [0.5, 0.6) is 5.75 Å². The maximum atomic E-state index is 12.6. The molecule has 0 bridgehead atoms. The number of hydrogen-bond acceptors (Lipinski definition) is 2. The minimum atomic E-state index is -0.0964. The second-order valence-electron chi connectivity index (χ2n) is 5.28. The van der Waals surface area contributed by atoms with Crippen LogP contribution in [0.15, 0.2) is 54.6 Å². The molecule has 1 N–H and O–H groups in total. The monoisotopic (exact) mass is 297 g/mol. The highest BCUT2D eigenvalue weighted by Crippen LogP contribution is 2.22. The van der Waals surface area contributed by atoms with Crippen molar-refractivity contribution >= 4 is 5.91 Å². The SMILES string of the molecule is CCC[C@H](C(=O)NCc1ccccc1OC)c1ccccc1. The summed E-state index contributed by atoms with van der Waals surface area (Å²) in [5.41, 5.74) is 2.06. The summed E-state index contributed by atoms with van der Waals surface area (Å²) >= 11 is 0. The Morgan fingerprint density at radius 3 is 2.45 bits per heavy atom. The fraction of sp³-hybridized carbons (Fsp3) is 0.316. The number of amides is 1. The molecule has 2 rings (SSSR count). The third-order valence-electron chi connectivity index (χ3n) is 3.74. The number of hydrogen-bond donors (Lipinski definition) is 1. The number of benzene rings is 2. The van der Waals surface area contributed by atoms with Gasteiger partial charge in [-0.25, -0.2) is 0 Å². The van der Waals surface area contributed by atoms with E-state index in [2.05, 4.69) is 12.2 Å². The zero-order chi connectivity index (χ0) is 15.8. The zero-order valence-electron chi connectivity index (χ0n) is 13.2. The van der Waals surface area contributed by atoms with E-state index >= 15 is 0 Å². The fourth-order valence-electron chi connectivity index (χ4n) is 2.58. The topological polar surface area (TPSA) is 38.3 Å².